The highest BCUT2D eigenvalue weighted by molar-refractivity contribution is 6.22. The Balaban J connectivity index is 1.57. The Morgan fingerprint density at radius 2 is 1.67 bits per heavy atom. The number of imide groups is 1. The molecule has 2 aliphatic heterocycles. The van der Waals surface area contributed by atoms with Crippen LogP contribution in [0.1, 0.15) is 50.5 Å². The minimum Gasteiger partial charge on any atom is -0.288 e. The molecule has 1 saturated carbocycles. The highest BCUT2D eigenvalue weighted by Gasteiger charge is 2.47. The van der Waals surface area contributed by atoms with Gasteiger partial charge in [-0.3, -0.25) is 14.5 Å². The van der Waals surface area contributed by atoms with Crippen LogP contribution in [0.4, 0.5) is 5.69 Å². The van der Waals surface area contributed by atoms with E-state index in [1.807, 2.05) is 31.2 Å². The fraction of sp³-hybridized carbons (Fsp3) is 0.600. The first-order chi connectivity index (χ1) is 11.6. The van der Waals surface area contributed by atoms with Gasteiger partial charge in [0.25, 0.3) is 5.91 Å². The molecule has 1 aromatic carbocycles. The summed E-state index contributed by atoms with van der Waals surface area (Å²) in [6.45, 7) is 2.98. The topological polar surface area (TPSA) is 40.6 Å². The van der Waals surface area contributed by atoms with Gasteiger partial charge in [-0.1, -0.05) is 30.5 Å². The van der Waals surface area contributed by atoms with Gasteiger partial charge in [0.2, 0.25) is 5.91 Å². The van der Waals surface area contributed by atoms with Crippen molar-refractivity contribution in [2.24, 2.45) is 5.92 Å². The lowest BCUT2D eigenvalue weighted by molar-refractivity contribution is -0.124. The molecule has 4 nitrogen and oxygen atoms in total. The minimum absolute atomic E-state index is 0.0184. The van der Waals surface area contributed by atoms with Gasteiger partial charge < -0.3 is 0 Å². The SMILES string of the molecule is Cc1ccc(N2C(=O)C[C@H](N3CCC[C@H]4CCCC[C@@H]43)C2=O)cc1. The molecule has 2 heterocycles. The van der Waals surface area contributed by atoms with E-state index < -0.39 is 0 Å². The van der Waals surface area contributed by atoms with E-state index in [-0.39, 0.29) is 17.9 Å². The monoisotopic (exact) mass is 326 g/mol. The van der Waals surface area contributed by atoms with Crippen LogP contribution in [0, 0.1) is 12.8 Å². The first kappa shape index (κ1) is 15.8. The molecule has 2 saturated heterocycles. The smallest absolute Gasteiger partial charge is 0.251 e. The Morgan fingerprint density at radius 1 is 0.958 bits per heavy atom. The van der Waals surface area contributed by atoms with E-state index in [0.29, 0.717) is 12.5 Å². The van der Waals surface area contributed by atoms with Crippen molar-refractivity contribution in [3.05, 3.63) is 29.8 Å². The lowest BCUT2D eigenvalue weighted by atomic mass is 9.77. The molecule has 0 N–H and O–H groups in total. The van der Waals surface area contributed by atoms with Crippen molar-refractivity contribution in [2.45, 2.75) is 64.0 Å². The van der Waals surface area contributed by atoms with Crippen molar-refractivity contribution < 1.29 is 9.59 Å². The minimum atomic E-state index is -0.246. The van der Waals surface area contributed by atoms with Crippen LogP contribution in [-0.2, 0) is 9.59 Å². The number of hydrogen-bond acceptors (Lipinski definition) is 3. The molecule has 3 aliphatic rings. The van der Waals surface area contributed by atoms with Crippen LogP contribution in [0.2, 0.25) is 0 Å². The molecule has 24 heavy (non-hydrogen) atoms. The number of piperidine rings is 1. The summed E-state index contributed by atoms with van der Waals surface area (Å²) >= 11 is 0. The Kier molecular flexibility index (Phi) is 4.17. The number of carbonyl (C=O) groups is 2. The molecule has 0 aromatic heterocycles. The van der Waals surface area contributed by atoms with Crippen LogP contribution in [0.3, 0.4) is 0 Å². The van der Waals surface area contributed by atoms with E-state index in [0.717, 1.165) is 30.1 Å². The van der Waals surface area contributed by atoms with Gasteiger partial charge >= 0.3 is 0 Å². The molecule has 3 fully saturated rings. The predicted molar refractivity (Wildman–Crippen MR) is 93.8 cm³/mol. The third-order valence-corrected chi connectivity index (χ3v) is 6.10. The van der Waals surface area contributed by atoms with E-state index in [4.69, 9.17) is 0 Å². The van der Waals surface area contributed by atoms with Crippen LogP contribution in [0.15, 0.2) is 24.3 Å². The fourth-order valence-corrected chi connectivity index (χ4v) is 4.89. The van der Waals surface area contributed by atoms with Crippen LogP contribution < -0.4 is 4.90 Å². The van der Waals surface area contributed by atoms with Gasteiger partial charge in [0.05, 0.1) is 18.2 Å². The summed E-state index contributed by atoms with van der Waals surface area (Å²) in [5, 5.41) is 0. The third kappa shape index (κ3) is 2.67. The van der Waals surface area contributed by atoms with Gasteiger partial charge in [0, 0.05) is 6.04 Å². The van der Waals surface area contributed by atoms with E-state index in [2.05, 4.69) is 4.90 Å². The average molecular weight is 326 g/mol. The quantitative estimate of drug-likeness (QED) is 0.783. The summed E-state index contributed by atoms with van der Waals surface area (Å²) in [6.07, 6.45) is 7.85. The van der Waals surface area contributed by atoms with E-state index in [1.165, 1.54) is 37.0 Å². The number of fused-ring (bicyclic) bond motifs is 1. The second-order valence-electron chi connectivity index (χ2n) is 7.61. The molecule has 2 amide bonds. The first-order valence-corrected chi connectivity index (χ1v) is 9.34. The second-order valence-corrected chi connectivity index (χ2v) is 7.61. The zero-order chi connectivity index (χ0) is 16.7. The number of amides is 2. The van der Waals surface area contributed by atoms with Gasteiger partial charge in [-0.15, -0.1) is 0 Å². The maximum Gasteiger partial charge on any atom is 0.251 e. The zero-order valence-electron chi connectivity index (χ0n) is 14.4. The van der Waals surface area contributed by atoms with Crippen molar-refractivity contribution in [1.82, 2.24) is 4.90 Å². The Hall–Kier alpha value is -1.68. The Morgan fingerprint density at radius 3 is 2.46 bits per heavy atom. The number of anilines is 1. The second kappa shape index (κ2) is 6.32. The highest BCUT2D eigenvalue weighted by Crippen LogP contribution is 2.38. The molecule has 0 radical (unpaired) electrons. The Labute approximate surface area is 143 Å². The van der Waals surface area contributed by atoms with Gasteiger partial charge in [-0.25, -0.2) is 4.90 Å². The fourth-order valence-electron chi connectivity index (χ4n) is 4.89. The molecule has 128 valence electrons. The normalized spacial score (nSPS) is 31.4. The number of rotatable bonds is 2. The molecular weight excluding hydrogens is 300 g/mol. The predicted octanol–water partition coefficient (Wildman–Crippen LogP) is 3.28. The number of aryl methyl sites for hydroxylation is 1. The molecule has 4 heteroatoms. The van der Waals surface area contributed by atoms with E-state index in [9.17, 15) is 9.59 Å². The molecule has 1 aromatic rings. The zero-order valence-corrected chi connectivity index (χ0v) is 14.4. The van der Waals surface area contributed by atoms with Crippen LogP contribution in [0.5, 0.6) is 0 Å². The third-order valence-electron chi connectivity index (χ3n) is 6.10. The van der Waals surface area contributed by atoms with Crippen LogP contribution >= 0.6 is 0 Å². The van der Waals surface area contributed by atoms with Crippen molar-refractivity contribution in [2.75, 3.05) is 11.4 Å². The number of nitrogens with zero attached hydrogens (tertiary/aromatic N) is 2. The maximum atomic E-state index is 13.0. The number of likely N-dealkylation sites (tertiary alicyclic amines) is 1. The van der Waals surface area contributed by atoms with Gasteiger partial charge in [-0.2, -0.15) is 0 Å². The summed E-state index contributed by atoms with van der Waals surface area (Å²) in [4.78, 5) is 29.4. The van der Waals surface area contributed by atoms with Crippen molar-refractivity contribution in [3.8, 4) is 0 Å². The maximum absolute atomic E-state index is 13.0. The largest absolute Gasteiger partial charge is 0.288 e. The lowest BCUT2D eigenvalue weighted by Gasteiger charge is -2.46. The van der Waals surface area contributed by atoms with E-state index in [1.54, 1.807) is 0 Å². The molecule has 1 aliphatic carbocycles. The first-order valence-electron chi connectivity index (χ1n) is 9.34. The van der Waals surface area contributed by atoms with Crippen LogP contribution in [-0.4, -0.2) is 35.3 Å². The molecular formula is C20H26N2O2. The summed E-state index contributed by atoms with van der Waals surface area (Å²) in [5.41, 5.74) is 1.85. The molecule has 0 unspecified atom stereocenters. The van der Waals surface area contributed by atoms with Crippen molar-refractivity contribution in [3.63, 3.8) is 0 Å². The van der Waals surface area contributed by atoms with Gasteiger partial charge in [0.15, 0.2) is 0 Å². The number of hydrogen-bond donors (Lipinski definition) is 0. The van der Waals surface area contributed by atoms with Crippen LogP contribution in [0.25, 0.3) is 0 Å². The van der Waals surface area contributed by atoms with Gasteiger partial charge in [0.1, 0.15) is 0 Å². The Bertz CT molecular complexity index is 638. The number of carbonyl (C=O) groups excluding carboxylic acids is 2. The van der Waals surface area contributed by atoms with Crippen molar-refractivity contribution >= 4 is 17.5 Å². The summed E-state index contributed by atoms with van der Waals surface area (Å²) < 4.78 is 0. The molecule has 4 rings (SSSR count). The van der Waals surface area contributed by atoms with Gasteiger partial charge in [-0.05, 0) is 57.2 Å². The molecule has 3 atom stereocenters. The summed E-state index contributed by atoms with van der Waals surface area (Å²) in [6, 6.07) is 7.94. The van der Waals surface area contributed by atoms with Crippen molar-refractivity contribution in [1.29, 1.82) is 0 Å². The molecule has 0 spiro atoms. The standard InChI is InChI=1S/C20H26N2O2/c1-14-8-10-16(11-9-14)22-19(23)13-18(20(22)24)21-12-4-6-15-5-2-3-7-17(15)21/h8-11,15,17-18H,2-7,12-13H2,1H3/t15-,17+,18+/m1/s1. The summed E-state index contributed by atoms with van der Waals surface area (Å²) in [5.74, 6) is 0.658. The van der Waals surface area contributed by atoms with E-state index >= 15 is 0 Å². The number of benzene rings is 1. The summed E-state index contributed by atoms with van der Waals surface area (Å²) in [7, 11) is 0. The highest BCUT2D eigenvalue weighted by atomic mass is 16.2. The average Bonchev–Trinajstić information content (AvgIpc) is 2.90. The molecule has 0 bridgehead atoms. The lowest BCUT2D eigenvalue weighted by Crippen LogP contribution is -2.54.